The van der Waals surface area contributed by atoms with Crippen molar-refractivity contribution >= 4 is 48.2 Å². The average molecular weight is 488 g/mol. The molecule has 1 aliphatic heterocycles. The fourth-order valence-electron chi connectivity index (χ4n) is 3.59. The van der Waals surface area contributed by atoms with E-state index < -0.39 is 9.84 Å². The second-order valence-corrected chi connectivity index (χ2v) is 11.0. The maximum atomic E-state index is 13.5. The molecule has 0 aliphatic carbocycles. The molecule has 0 N–H and O–H groups in total. The lowest BCUT2D eigenvalue weighted by Gasteiger charge is -2.29. The molecular weight excluding hydrogens is 462 g/mol. The van der Waals surface area contributed by atoms with Gasteiger partial charge in [0.1, 0.15) is 0 Å². The van der Waals surface area contributed by atoms with Gasteiger partial charge in [0.15, 0.2) is 20.8 Å². The van der Waals surface area contributed by atoms with Crippen LogP contribution in [0.2, 0.25) is 0 Å². The average Bonchev–Trinajstić information content (AvgIpc) is 3.22. The molecule has 1 aromatic heterocycles. The molecular formula is C23H25N3O5S2. The molecule has 1 amide bonds. The highest BCUT2D eigenvalue weighted by Gasteiger charge is 2.23. The van der Waals surface area contributed by atoms with Gasteiger partial charge < -0.3 is 4.74 Å². The predicted octanol–water partition coefficient (Wildman–Crippen LogP) is 2.88. The minimum Gasteiger partial charge on any atom is -0.379 e. The van der Waals surface area contributed by atoms with Gasteiger partial charge in [-0.2, -0.15) is 0 Å². The van der Waals surface area contributed by atoms with Gasteiger partial charge in [-0.3, -0.25) is 19.4 Å². The van der Waals surface area contributed by atoms with Crippen molar-refractivity contribution in [1.29, 1.82) is 0 Å². The number of hydrogen-bond donors (Lipinski definition) is 0. The predicted molar refractivity (Wildman–Crippen MR) is 128 cm³/mol. The number of sulfone groups is 1. The van der Waals surface area contributed by atoms with Crippen molar-refractivity contribution in [1.82, 2.24) is 9.88 Å². The van der Waals surface area contributed by atoms with Crippen molar-refractivity contribution in [3.63, 3.8) is 0 Å². The number of carbonyl (C=O) groups excluding carboxylic acids is 2. The van der Waals surface area contributed by atoms with Crippen LogP contribution in [0, 0.1) is 0 Å². The number of morpholine rings is 1. The standard InChI is InChI=1S/C23H25N3O5S2/c1-16(27)17-3-5-18(6-4-17)22(28)26(10-9-25-11-13-31-14-12-25)23-24-20-8-7-19(33(2,29)30)15-21(20)32-23/h3-8,15H,9-14H2,1-2H3. The van der Waals surface area contributed by atoms with E-state index in [0.29, 0.717) is 52.8 Å². The first-order valence-electron chi connectivity index (χ1n) is 10.6. The number of ether oxygens (including phenoxy) is 1. The zero-order chi connectivity index (χ0) is 23.6. The Balaban J connectivity index is 1.66. The number of anilines is 1. The van der Waals surface area contributed by atoms with Gasteiger partial charge >= 0.3 is 0 Å². The third kappa shape index (κ3) is 5.47. The van der Waals surface area contributed by atoms with E-state index in [0.717, 1.165) is 13.1 Å². The van der Waals surface area contributed by atoms with Gasteiger partial charge in [0, 0.05) is 43.6 Å². The van der Waals surface area contributed by atoms with E-state index >= 15 is 0 Å². The highest BCUT2D eigenvalue weighted by atomic mass is 32.2. The summed E-state index contributed by atoms with van der Waals surface area (Å²) in [5.41, 5.74) is 1.64. The Labute approximate surface area is 196 Å². The Kier molecular flexibility index (Phi) is 6.89. The van der Waals surface area contributed by atoms with Crippen LogP contribution in [0.5, 0.6) is 0 Å². The summed E-state index contributed by atoms with van der Waals surface area (Å²) in [5.74, 6) is -0.285. The fourth-order valence-corrected chi connectivity index (χ4v) is 5.34. The summed E-state index contributed by atoms with van der Waals surface area (Å²) in [6.07, 6.45) is 1.17. The van der Waals surface area contributed by atoms with Crippen LogP contribution in [0.4, 0.5) is 5.13 Å². The third-order valence-corrected chi connectivity index (χ3v) is 7.69. The van der Waals surface area contributed by atoms with Crippen molar-refractivity contribution in [2.75, 3.05) is 50.5 Å². The molecule has 0 radical (unpaired) electrons. The molecule has 4 rings (SSSR count). The molecule has 0 atom stereocenters. The maximum Gasteiger partial charge on any atom is 0.260 e. The summed E-state index contributed by atoms with van der Waals surface area (Å²) in [7, 11) is -3.35. The van der Waals surface area contributed by atoms with Crippen LogP contribution in [-0.2, 0) is 14.6 Å². The summed E-state index contributed by atoms with van der Waals surface area (Å²) in [5, 5.41) is 0.504. The lowest BCUT2D eigenvalue weighted by Crippen LogP contribution is -2.43. The topological polar surface area (TPSA) is 96.9 Å². The van der Waals surface area contributed by atoms with E-state index in [9.17, 15) is 18.0 Å². The number of aromatic nitrogens is 1. The van der Waals surface area contributed by atoms with Gasteiger partial charge in [0.05, 0.1) is 28.3 Å². The minimum atomic E-state index is -3.35. The number of carbonyl (C=O) groups is 2. The molecule has 1 fully saturated rings. The summed E-state index contributed by atoms with van der Waals surface area (Å²) >= 11 is 1.29. The molecule has 0 saturated carbocycles. The van der Waals surface area contributed by atoms with Crippen molar-refractivity contribution in [3.8, 4) is 0 Å². The molecule has 8 nitrogen and oxygen atoms in total. The van der Waals surface area contributed by atoms with Gasteiger partial charge in [0.25, 0.3) is 5.91 Å². The molecule has 3 aromatic rings. The van der Waals surface area contributed by atoms with E-state index in [-0.39, 0.29) is 16.6 Å². The van der Waals surface area contributed by atoms with E-state index in [1.165, 1.54) is 30.6 Å². The molecule has 0 bridgehead atoms. The van der Waals surface area contributed by atoms with Crippen LogP contribution >= 0.6 is 11.3 Å². The number of ketones is 1. The fraction of sp³-hybridized carbons (Fsp3) is 0.348. The molecule has 33 heavy (non-hydrogen) atoms. The lowest BCUT2D eigenvalue weighted by atomic mass is 10.1. The molecule has 0 unspecified atom stereocenters. The van der Waals surface area contributed by atoms with Gasteiger partial charge in [-0.25, -0.2) is 13.4 Å². The second-order valence-electron chi connectivity index (χ2n) is 7.94. The number of benzene rings is 2. The van der Waals surface area contributed by atoms with Crippen molar-refractivity contribution < 1.29 is 22.7 Å². The SMILES string of the molecule is CC(=O)c1ccc(C(=O)N(CCN2CCOCC2)c2nc3ccc(S(C)(=O)=O)cc3s2)cc1. The van der Waals surface area contributed by atoms with Crippen molar-refractivity contribution in [2.45, 2.75) is 11.8 Å². The normalized spacial score (nSPS) is 15.0. The van der Waals surface area contributed by atoms with Gasteiger partial charge in [0.2, 0.25) is 0 Å². The number of fused-ring (bicyclic) bond motifs is 1. The van der Waals surface area contributed by atoms with Crippen LogP contribution < -0.4 is 4.90 Å². The van der Waals surface area contributed by atoms with Gasteiger partial charge in [-0.05, 0) is 37.3 Å². The van der Waals surface area contributed by atoms with E-state index in [2.05, 4.69) is 9.88 Å². The van der Waals surface area contributed by atoms with Crippen LogP contribution in [0.15, 0.2) is 47.4 Å². The molecule has 1 aliphatic rings. The zero-order valence-corrected chi connectivity index (χ0v) is 20.1. The molecule has 10 heteroatoms. The zero-order valence-electron chi connectivity index (χ0n) is 18.5. The lowest BCUT2D eigenvalue weighted by molar-refractivity contribution is 0.0391. The third-order valence-electron chi connectivity index (χ3n) is 5.53. The Morgan fingerprint density at radius 3 is 2.39 bits per heavy atom. The summed E-state index contributed by atoms with van der Waals surface area (Å²) < 4.78 is 30.0. The molecule has 2 heterocycles. The number of Topliss-reactive ketones (excluding diaryl/α,β-unsaturated/α-hetero) is 1. The Morgan fingerprint density at radius 1 is 1.09 bits per heavy atom. The number of thiazole rings is 1. The van der Waals surface area contributed by atoms with Crippen LogP contribution in [0.1, 0.15) is 27.6 Å². The minimum absolute atomic E-state index is 0.0639. The van der Waals surface area contributed by atoms with E-state index in [1.807, 2.05) is 0 Å². The smallest absolute Gasteiger partial charge is 0.260 e. The van der Waals surface area contributed by atoms with Crippen molar-refractivity contribution in [2.24, 2.45) is 0 Å². The van der Waals surface area contributed by atoms with Crippen LogP contribution in [0.25, 0.3) is 10.2 Å². The second kappa shape index (κ2) is 9.68. The quantitative estimate of drug-likeness (QED) is 0.473. The molecule has 1 saturated heterocycles. The molecule has 2 aromatic carbocycles. The number of hydrogen-bond acceptors (Lipinski definition) is 8. The summed E-state index contributed by atoms with van der Waals surface area (Å²) in [4.78, 5) is 33.8. The largest absolute Gasteiger partial charge is 0.379 e. The highest BCUT2D eigenvalue weighted by Crippen LogP contribution is 2.31. The highest BCUT2D eigenvalue weighted by molar-refractivity contribution is 7.90. The number of amides is 1. The summed E-state index contributed by atoms with van der Waals surface area (Å²) in [6, 6.07) is 11.4. The first-order chi connectivity index (χ1) is 15.7. The van der Waals surface area contributed by atoms with Gasteiger partial charge in [-0.1, -0.05) is 23.5 Å². The summed E-state index contributed by atoms with van der Waals surface area (Å²) in [6.45, 7) is 5.49. The molecule has 0 spiro atoms. The van der Waals surface area contributed by atoms with Crippen LogP contribution in [0.3, 0.4) is 0 Å². The van der Waals surface area contributed by atoms with Crippen molar-refractivity contribution in [3.05, 3.63) is 53.6 Å². The molecule has 174 valence electrons. The monoisotopic (exact) mass is 487 g/mol. The Bertz CT molecular complexity index is 1280. The van der Waals surface area contributed by atoms with E-state index in [1.54, 1.807) is 41.3 Å². The van der Waals surface area contributed by atoms with Crippen LogP contribution in [-0.4, -0.2) is 75.6 Å². The van der Waals surface area contributed by atoms with E-state index in [4.69, 9.17) is 4.74 Å². The first-order valence-corrected chi connectivity index (χ1v) is 13.3. The number of rotatable bonds is 7. The maximum absolute atomic E-state index is 13.5. The first kappa shape index (κ1) is 23.5. The number of nitrogens with zero attached hydrogens (tertiary/aromatic N) is 3. The Hall–Kier alpha value is -2.66. The van der Waals surface area contributed by atoms with Gasteiger partial charge in [-0.15, -0.1) is 0 Å². The Morgan fingerprint density at radius 2 is 1.76 bits per heavy atom.